The molecule has 2 fully saturated rings. The predicted molar refractivity (Wildman–Crippen MR) is 174 cm³/mol. The van der Waals surface area contributed by atoms with Gasteiger partial charge in [0.05, 0.1) is 24.0 Å². The number of methoxy groups -OCH3 is 1. The van der Waals surface area contributed by atoms with Gasteiger partial charge in [0.15, 0.2) is 0 Å². The van der Waals surface area contributed by atoms with Crippen LogP contribution in [0.2, 0.25) is 0 Å². The van der Waals surface area contributed by atoms with Gasteiger partial charge in [-0.25, -0.2) is 19.3 Å². The number of carbonyl (C=O) groups excluding carboxylic acids is 1. The van der Waals surface area contributed by atoms with Gasteiger partial charge in [-0.3, -0.25) is 4.79 Å². The van der Waals surface area contributed by atoms with Crippen LogP contribution >= 0.6 is 0 Å². The first-order chi connectivity index (χ1) is 21.7. The second-order valence-corrected chi connectivity index (χ2v) is 12.3. The van der Waals surface area contributed by atoms with E-state index in [0.29, 0.717) is 47.1 Å². The van der Waals surface area contributed by atoms with Crippen molar-refractivity contribution in [3.8, 4) is 17.2 Å². The molecule has 234 valence electrons. The third-order valence-corrected chi connectivity index (χ3v) is 8.45. The van der Waals surface area contributed by atoms with Crippen LogP contribution in [0.15, 0.2) is 67.6 Å². The van der Waals surface area contributed by atoms with Crippen molar-refractivity contribution in [2.75, 3.05) is 48.8 Å². The number of likely N-dealkylation sites (tertiary alicyclic amines) is 1. The van der Waals surface area contributed by atoms with Crippen molar-refractivity contribution in [2.45, 2.75) is 39.2 Å². The molecule has 0 unspecified atom stereocenters. The van der Waals surface area contributed by atoms with Crippen molar-refractivity contribution in [1.29, 1.82) is 0 Å². The predicted octanol–water partition coefficient (Wildman–Crippen LogP) is 6.53. The SMILES string of the molecule is C=CC(=O)N1CCC(Nc2cc3c(Nc4ccc(Oc5ccnc(N6CCC(C)(C)C6)c5)cc4F)ncnc3cc2OC)CC1. The summed E-state index contributed by atoms with van der Waals surface area (Å²) in [6, 6.07) is 12.3. The van der Waals surface area contributed by atoms with Crippen molar-refractivity contribution >= 4 is 39.8 Å². The number of nitrogens with zero attached hydrogens (tertiary/aromatic N) is 5. The first kappa shape index (κ1) is 30.1. The fraction of sp³-hybridized carbons (Fsp3) is 0.353. The van der Waals surface area contributed by atoms with Crippen LogP contribution in [0.5, 0.6) is 17.2 Å². The molecular formula is C34H38FN7O3. The Hall–Kier alpha value is -4.93. The van der Waals surface area contributed by atoms with E-state index in [1.54, 1.807) is 36.4 Å². The Bertz CT molecular complexity index is 1720. The summed E-state index contributed by atoms with van der Waals surface area (Å²) in [5.41, 5.74) is 1.92. The zero-order valence-corrected chi connectivity index (χ0v) is 25.8. The zero-order chi connectivity index (χ0) is 31.6. The van der Waals surface area contributed by atoms with Crippen molar-refractivity contribution in [3.63, 3.8) is 0 Å². The first-order valence-electron chi connectivity index (χ1n) is 15.2. The summed E-state index contributed by atoms with van der Waals surface area (Å²) in [4.78, 5) is 29.4. The van der Waals surface area contributed by atoms with Gasteiger partial charge in [0, 0.05) is 62.0 Å². The number of ether oxygens (including phenoxy) is 2. The number of hydrogen-bond acceptors (Lipinski definition) is 9. The second kappa shape index (κ2) is 12.6. The summed E-state index contributed by atoms with van der Waals surface area (Å²) in [5, 5.41) is 7.39. The van der Waals surface area contributed by atoms with Crippen LogP contribution in [0.25, 0.3) is 10.9 Å². The number of benzene rings is 2. The number of halogens is 1. The number of anilines is 4. The Labute approximate surface area is 262 Å². The largest absolute Gasteiger partial charge is 0.495 e. The van der Waals surface area contributed by atoms with Gasteiger partial charge < -0.3 is 29.9 Å². The number of rotatable bonds is 9. The number of carbonyl (C=O) groups is 1. The van der Waals surface area contributed by atoms with Crippen LogP contribution in [0, 0.1) is 11.2 Å². The van der Waals surface area contributed by atoms with Gasteiger partial charge in [0.1, 0.15) is 41.0 Å². The Morgan fingerprint density at radius 2 is 1.84 bits per heavy atom. The lowest BCUT2D eigenvalue weighted by Gasteiger charge is -2.32. The maximum atomic E-state index is 15.4. The van der Waals surface area contributed by atoms with Crippen LogP contribution in [0.4, 0.5) is 27.4 Å². The van der Waals surface area contributed by atoms with Crippen molar-refractivity contribution < 1.29 is 18.7 Å². The van der Waals surface area contributed by atoms with Gasteiger partial charge >= 0.3 is 0 Å². The third-order valence-electron chi connectivity index (χ3n) is 8.45. The lowest BCUT2D eigenvalue weighted by Crippen LogP contribution is -2.41. The molecule has 4 aromatic rings. The number of hydrogen-bond donors (Lipinski definition) is 2. The minimum Gasteiger partial charge on any atom is -0.495 e. The fourth-order valence-corrected chi connectivity index (χ4v) is 5.93. The van der Waals surface area contributed by atoms with E-state index < -0.39 is 5.82 Å². The van der Waals surface area contributed by atoms with E-state index in [1.165, 1.54) is 18.5 Å². The maximum absolute atomic E-state index is 15.4. The molecule has 0 saturated carbocycles. The smallest absolute Gasteiger partial charge is 0.245 e. The summed E-state index contributed by atoms with van der Waals surface area (Å²) in [6.45, 7) is 11.3. The molecule has 2 aliphatic rings. The number of fused-ring (bicyclic) bond motifs is 1. The Morgan fingerprint density at radius 3 is 2.56 bits per heavy atom. The molecule has 0 radical (unpaired) electrons. The summed E-state index contributed by atoms with van der Waals surface area (Å²) in [6.07, 6.45) is 7.17. The monoisotopic (exact) mass is 611 g/mol. The van der Waals surface area contributed by atoms with E-state index in [2.05, 4.69) is 50.9 Å². The molecule has 4 heterocycles. The van der Waals surface area contributed by atoms with Crippen molar-refractivity contribution in [1.82, 2.24) is 19.9 Å². The number of amides is 1. The van der Waals surface area contributed by atoms with E-state index in [9.17, 15) is 4.79 Å². The van der Waals surface area contributed by atoms with Crippen LogP contribution in [0.1, 0.15) is 33.1 Å². The first-order valence-corrected chi connectivity index (χ1v) is 15.2. The maximum Gasteiger partial charge on any atom is 0.245 e. The molecule has 2 aromatic heterocycles. The van der Waals surface area contributed by atoms with E-state index >= 15 is 4.39 Å². The quantitative estimate of drug-likeness (QED) is 0.204. The van der Waals surface area contributed by atoms with E-state index in [4.69, 9.17) is 9.47 Å². The van der Waals surface area contributed by atoms with E-state index in [1.807, 2.05) is 18.2 Å². The molecule has 2 saturated heterocycles. The molecule has 2 N–H and O–H groups in total. The molecule has 1 amide bonds. The number of nitrogens with one attached hydrogen (secondary N) is 2. The molecular weight excluding hydrogens is 573 g/mol. The number of aromatic nitrogens is 3. The Balaban J connectivity index is 1.18. The second-order valence-electron chi connectivity index (χ2n) is 12.3. The molecule has 0 atom stereocenters. The minimum absolute atomic E-state index is 0.0513. The third kappa shape index (κ3) is 6.77. The van der Waals surface area contributed by atoms with Crippen molar-refractivity contribution in [3.05, 3.63) is 73.5 Å². The summed E-state index contributed by atoms with van der Waals surface area (Å²) < 4.78 is 27.1. The molecule has 11 heteroatoms. The lowest BCUT2D eigenvalue weighted by molar-refractivity contribution is -0.126. The molecule has 0 spiro atoms. The van der Waals surface area contributed by atoms with Crippen LogP contribution in [-0.2, 0) is 4.79 Å². The Kier molecular flexibility index (Phi) is 8.42. The van der Waals surface area contributed by atoms with E-state index in [0.717, 1.165) is 43.9 Å². The average Bonchev–Trinajstić information content (AvgIpc) is 3.41. The number of pyridine rings is 1. The minimum atomic E-state index is -0.484. The summed E-state index contributed by atoms with van der Waals surface area (Å²) >= 11 is 0. The average molecular weight is 612 g/mol. The molecule has 2 aliphatic heterocycles. The fourth-order valence-electron chi connectivity index (χ4n) is 5.93. The summed E-state index contributed by atoms with van der Waals surface area (Å²) in [7, 11) is 1.61. The molecule has 10 nitrogen and oxygen atoms in total. The molecule has 45 heavy (non-hydrogen) atoms. The van der Waals surface area contributed by atoms with Crippen LogP contribution < -0.4 is 25.0 Å². The summed E-state index contributed by atoms with van der Waals surface area (Å²) in [5.74, 6) is 2.38. The van der Waals surface area contributed by atoms with Gasteiger partial charge in [-0.05, 0) is 55.0 Å². The molecule has 0 bridgehead atoms. The van der Waals surface area contributed by atoms with Gasteiger partial charge in [-0.2, -0.15) is 0 Å². The van der Waals surface area contributed by atoms with Gasteiger partial charge in [-0.15, -0.1) is 0 Å². The highest BCUT2D eigenvalue weighted by atomic mass is 19.1. The normalized spacial score (nSPS) is 16.4. The highest BCUT2D eigenvalue weighted by Crippen LogP contribution is 2.36. The topological polar surface area (TPSA) is 105 Å². The molecule has 2 aromatic carbocycles. The van der Waals surface area contributed by atoms with Crippen LogP contribution in [0.3, 0.4) is 0 Å². The van der Waals surface area contributed by atoms with E-state index in [-0.39, 0.29) is 23.1 Å². The lowest BCUT2D eigenvalue weighted by atomic mass is 9.93. The van der Waals surface area contributed by atoms with Crippen LogP contribution in [-0.4, -0.2) is 65.1 Å². The van der Waals surface area contributed by atoms with Gasteiger partial charge in [-0.1, -0.05) is 20.4 Å². The number of piperidine rings is 1. The molecule has 6 rings (SSSR count). The molecule has 0 aliphatic carbocycles. The highest BCUT2D eigenvalue weighted by Gasteiger charge is 2.30. The standard InChI is InChI=1S/C34H38FN7O3/c1-5-32(43)41-13-9-22(10-14-41)39-29-18-25-28(19-30(29)44-4)37-21-38-33(25)40-27-7-6-23(16-26(27)35)45-24-8-12-36-31(17-24)42-15-11-34(2,3)20-42/h5-8,12,16-19,21-22,39H,1,9-11,13-15,20H2,2-4H3,(H,37,38,40). The Morgan fingerprint density at radius 1 is 1.04 bits per heavy atom. The van der Waals surface area contributed by atoms with Gasteiger partial charge in [0.2, 0.25) is 5.91 Å². The highest BCUT2D eigenvalue weighted by molar-refractivity contribution is 5.95. The van der Waals surface area contributed by atoms with Crippen molar-refractivity contribution in [2.24, 2.45) is 5.41 Å². The zero-order valence-electron chi connectivity index (χ0n) is 25.8. The van der Waals surface area contributed by atoms with Gasteiger partial charge in [0.25, 0.3) is 0 Å².